The van der Waals surface area contributed by atoms with Crippen LogP contribution in [0.25, 0.3) is 21.9 Å². The molecule has 1 atom stereocenters. The minimum atomic E-state index is 0.389. The molecule has 1 aliphatic heterocycles. The molecule has 1 aliphatic carbocycles. The van der Waals surface area contributed by atoms with Gasteiger partial charge in [-0.2, -0.15) is 0 Å². The molecule has 1 heterocycles. The van der Waals surface area contributed by atoms with Crippen LogP contribution in [0.3, 0.4) is 0 Å². The zero-order chi connectivity index (χ0) is 20.9. The maximum Gasteiger partial charge on any atom is 0.0537 e. The summed E-state index contributed by atoms with van der Waals surface area (Å²) in [4.78, 5) is 2.46. The smallest absolute Gasteiger partial charge is 0.0537 e. The maximum absolute atomic E-state index is 6.13. The van der Waals surface area contributed by atoms with E-state index in [1.54, 1.807) is 0 Å². The summed E-state index contributed by atoms with van der Waals surface area (Å²) in [6, 6.07) is 28.1. The molecule has 0 saturated heterocycles. The Morgan fingerprint density at radius 3 is 2.61 bits per heavy atom. The van der Waals surface area contributed by atoms with E-state index in [4.69, 9.17) is 5.73 Å². The van der Waals surface area contributed by atoms with Crippen molar-refractivity contribution >= 4 is 43.8 Å². The van der Waals surface area contributed by atoms with Crippen LogP contribution in [-0.4, -0.2) is 0 Å². The van der Waals surface area contributed by atoms with Crippen molar-refractivity contribution in [2.75, 3.05) is 10.6 Å². The van der Waals surface area contributed by atoms with Crippen LogP contribution in [0, 0.1) is 0 Å². The van der Waals surface area contributed by atoms with E-state index in [-0.39, 0.29) is 0 Å². The number of hydrogen-bond acceptors (Lipinski definition) is 2. The van der Waals surface area contributed by atoms with Gasteiger partial charge < -0.3 is 10.6 Å². The lowest BCUT2D eigenvalue weighted by Crippen LogP contribution is -2.14. The lowest BCUT2D eigenvalue weighted by Gasteiger charge is -2.26. The molecule has 0 aromatic heterocycles. The summed E-state index contributed by atoms with van der Waals surface area (Å²) < 4.78 is 0.995. The highest BCUT2D eigenvalue weighted by molar-refractivity contribution is 9.10. The highest BCUT2D eigenvalue weighted by atomic mass is 79.9. The first-order valence-electron chi connectivity index (χ1n) is 10.5. The number of halogens is 1. The van der Waals surface area contributed by atoms with Gasteiger partial charge in [-0.05, 0) is 64.9 Å². The number of allylic oxidation sites excluding steroid dienone is 4. The Bertz CT molecular complexity index is 1370. The monoisotopic (exact) mass is 464 g/mol. The summed E-state index contributed by atoms with van der Waals surface area (Å²) in [6.45, 7) is 0. The zero-order valence-electron chi connectivity index (χ0n) is 16.9. The van der Waals surface area contributed by atoms with Crippen LogP contribution in [0.5, 0.6) is 0 Å². The molecule has 3 heteroatoms. The summed E-state index contributed by atoms with van der Waals surface area (Å²) in [5.74, 6) is 0.389. The Balaban J connectivity index is 1.59. The van der Waals surface area contributed by atoms with Crippen LogP contribution in [0.1, 0.15) is 17.9 Å². The van der Waals surface area contributed by atoms with Crippen LogP contribution >= 0.6 is 15.9 Å². The van der Waals surface area contributed by atoms with E-state index in [1.165, 1.54) is 39.0 Å². The van der Waals surface area contributed by atoms with Crippen molar-refractivity contribution in [3.05, 3.63) is 113 Å². The first kappa shape index (κ1) is 18.5. The second-order valence-corrected chi connectivity index (χ2v) is 9.10. The third-order valence-corrected chi connectivity index (χ3v) is 6.76. The molecule has 2 N–H and O–H groups in total. The van der Waals surface area contributed by atoms with Gasteiger partial charge in [0.25, 0.3) is 0 Å². The van der Waals surface area contributed by atoms with E-state index in [0.717, 1.165) is 22.1 Å². The average molecular weight is 465 g/mol. The van der Waals surface area contributed by atoms with Gasteiger partial charge in [-0.1, -0.05) is 76.6 Å². The Kier molecular flexibility index (Phi) is 4.25. The molecule has 2 aliphatic rings. The molecule has 4 aromatic carbocycles. The summed E-state index contributed by atoms with van der Waals surface area (Å²) in [5.41, 5.74) is 14.4. The van der Waals surface area contributed by atoms with Gasteiger partial charge in [0.05, 0.1) is 11.4 Å². The van der Waals surface area contributed by atoms with E-state index >= 15 is 0 Å². The summed E-state index contributed by atoms with van der Waals surface area (Å²) in [6.07, 6.45) is 7.76. The Hall–Kier alpha value is -3.30. The van der Waals surface area contributed by atoms with Gasteiger partial charge in [-0.15, -0.1) is 0 Å². The quantitative estimate of drug-likeness (QED) is 0.305. The predicted molar refractivity (Wildman–Crippen MR) is 135 cm³/mol. The number of nitrogens with zero attached hydrogens (tertiary/aromatic N) is 1. The predicted octanol–water partition coefficient (Wildman–Crippen LogP) is 7.93. The number of anilines is 3. The molecule has 31 heavy (non-hydrogen) atoms. The second-order valence-electron chi connectivity index (χ2n) is 8.19. The van der Waals surface area contributed by atoms with E-state index in [1.807, 2.05) is 12.1 Å². The Morgan fingerprint density at radius 2 is 1.71 bits per heavy atom. The first-order chi connectivity index (χ1) is 15.2. The number of fused-ring (bicyclic) bond motifs is 4. The standard InChI is InChI=1S/C28H21BrN2/c29-21-14-20(15-22(30)17-21)19-12-13-25-24-9-3-4-10-27(24)31(28(25)16-19)26-11-5-7-18-6-1-2-8-23(18)26/h1-8,10-17,24H,9,30H2. The van der Waals surface area contributed by atoms with Gasteiger partial charge in [0, 0.05) is 27.2 Å². The number of nitrogens with two attached hydrogens (primary N) is 1. The summed E-state index contributed by atoms with van der Waals surface area (Å²) in [7, 11) is 0. The molecule has 0 fully saturated rings. The molecular weight excluding hydrogens is 444 g/mol. The normalized spacial score (nSPS) is 16.9. The topological polar surface area (TPSA) is 29.3 Å². The van der Waals surface area contributed by atoms with Crippen LogP contribution in [0.4, 0.5) is 17.1 Å². The van der Waals surface area contributed by atoms with Crippen molar-refractivity contribution in [1.29, 1.82) is 0 Å². The van der Waals surface area contributed by atoms with Gasteiger partial charge in [-0.3, -0.25) is 0 Å². The largest absolute Gasteiger partial charge is 0.399 e. The molecule has 0 bridgehead atoms. The maximum atomic E-state index is 6.13. The molecule has 1 unspecified atom stereocenters. The highest BCUT2D eigenvalue weighted by Gasteiger charge is 2.35. The molecule has 0 amide bonds. The summed E-state index contributed by atoms with van der Waals surface area (Å²) in [5, 5.41) is 2.53. The fraction of sp³-hybridized carbons (Fsp3) is 0.0714. The van der Waals surface area contributed by atoms with Gasteiger partial charge >= 0.3 is 0 Å². The van der Waals surface area contributed by atoms with Crippen LogP contribution in [-0.2, 0) is 0 Å². The number of nitrogen functional groups attached to an aromatic ring is 1. The van der Waals surface area contributed by atoms with Gasteiger partial charge in [0.15, 0.2) is 0 Å². The van der Waals surface area contributed by atoms with Crippen LogP contribution < -0.4 is 10.6 Å². The van der Waals surface area contributed by atoms with E-state index < -0.39 is 0 Å². The Morgan fingerprint density at radius 1 is 0.839 bits per heavy atom. The molecule has 150 valence electrons. The minimum absolute atomic E-state index is 0.389. The van der Waals surface area contributed by atoms with E-state index in [9.17, 15) is 0 Å². The fourth-order valence-corrected chi connectivity index (χ4v) is 5.45. The average Bonchev–Trinajstić information content (AvgIpc) is 3.11. The van der Waals surface area contributed by atoms with Gasteiger partial charge in [-0.25, -0.2) is 0 Å². The third kappa shape index (κ3) is 3.00. The molecule has 0 saturated carbocycles. The third-order valence-electron chi connectivity index (χ3n) is 6.30. The van der Waals surface area contributed by atoms with Gasteiger partial charge in [0.1, 0.15) is 0 Å². The van der Waals surface area contributed by atoms with Crippen molar-refractivity contribution < 1.29 is 0 Å². The summed E-state index contributed by atoms with van der Waals surface area (Å²) >= 11 is 3.59. The molecule has 0 radical (unpaired) electrons. The fourth-order valence-electron chi connectivity index (χ4n) is 4.94. The molecule has 2 nitrogen and oxygen atoms in total. The van der Waals surface area contributed by atoms with E-state index in [2.05, 4.69) is 106 Å². The highest BCUT2D eigenvalue weighted by Crippen LogP contribution is 2.52. The first-order valence-corrected chi connectivity index (χ1v) is 11.3. The molecular formula is C28H21BrN2. The number of benzene rings is 4. The molecule has 0 spiro atoms. The molecule has 6 rings (SSSR count). The van der Waals surface area contributed by atoms with Crippen molar-refractivity contribution in [3.8, 4) is 11.1 Å². The van der Waals surface area contributed by atoms with Crippen LogP contribution in [0.2, 0.25) is 0 Å². The van der Waals surface area contributed by atoms with Gasteiger partial charge in [0.2, 0.25) is 0 Å². The number of rotatable bonds is 2. The number of hydrogen-bond donors (Lipinski definition) is 1. The van der Waals surface area contributed by atoms with Crippen molar-refractivity contribution in [2.24, 2.45) is 0 Å². The molecule has 4 aromatic rings. The second kappa shape index (κ2) is 7.14. The SMILES string of the molecule is Nc1cc(Br)cc(-c2ccc3c(c2)N(c2cccc4ccccc24)C2=CC=CCC23)c1. The Labute approximate surface area is 190 Å². The van der Waals surface area contributed by atoms with Crippen LogP contribution in [0.15, 0.2) is 107 Å². The van der Waals surface area contributed by atoms with Crippen molar-refractivity contribution in [2.45, 2.75) is 12.3 Å². The lowest BCUT2D eigenvalue weighted by molar-refractivity contribution is 0.820. The minimum Gasteiger partial charge on any atom is -0.399 e. The van der Waals surface area contributed by atoms with E-state index in [0.29, 0.717) is 5.92 Å². The van der Waals surface area contributed by atoms with Crippen molar-refractivity contribution in [1.82, 2.24) is 0 Å². The van der Waals surface area contributed by atoms with Crippen molar-refractivity contribution in [3.63, 3.8) is 0 Å². The lowest BCUT2D eigenvalue weighted by atomic mass is 9.91. The zero-order valence-corrected chi connectivity index (χ0v) is 18.5.